The number of thiazole rings is 1. The number of aromatic nitrogens is 1. The van der Waals surface area contributed by atoms with Gasteiger partial charge in [0.25, 0.3) is 5.91 Å². The van der Waals surface area contributed by atoms with Gasteiger partial charge >= 0.3 is 5.97 Å². The van der Waals surface area contributed by atoms with Crippen LogP contribution in [0.25, 0.3) is 10.2 Å². The Hall–Kier alpha value is -2.91. The first-order valence-corrected chi connectivity index (χ1v) is 16.7. The number of ether oxygens (including phenoxy) is 1. The Morgan fingerprint density at radius 2 is 1.55 bits per heavy atom. The molecule has 40 heavy (non-hydrogen) atoms. The van der Waals surface area contributed by atoms with Gasteiger partial charge < -0.3 is 9.30 Å². The Kier molecular flexibility index (Phi) is 10.8. The van der Waals surface area contributed by atoms with E-state index in [0.29, 0.717) is 23.3 Å². The van der Waals surface area contributed by atoms with E-state index in [4.69, 9.17) is 9.88 Å². The fourth-order valence-electron chi connectivity index (χ4n) is 3.90. The van der Waals surface area contributed by atoms with Crippen molar-refractivity contribution in [2.45, 2.75) is 62.8 Å². The standard InChI is InChI=1S/C26H34N4O7S3/c1-4-7-15-29(16-8-5-2)40(35,36)20-11-9-19(10-12-20)25(32)28-26-30(18-24(31)37-6-3)22-14-13-21(39(27,33)34)17-23(22)38-26/h9-14,17H,4-8,15-16,18H2,1-3H3,(H2,27,33,34). The Bertz CT molecular complexity index is 1630. The van der Waals surface area contributed by atoms with Crippen molar-refractivity contribution in [1.29, 1.82) is 0 Å². The molecule has 0 aliphatic rings. The number of nitrogens with zero attached hydrogens (tertiary/aromatic N) is 3. The number of fused-ring (bicyclic) bond motifs is 1. The second kappa shape index (κ2) is 13.6. The molecular weight excluding hydrogens is 577 g/mol. The number of rotatable bonds is 13. The van der Waals surface area contributed by atoms with Gasteiger partial charge in [-0.25, -0.2) is 22.0 Å². The molecule has 14 heteroatoms. The summed E-state index contributed by atoms with van der Waals surface area (Å²) in [5.41, 5.74) is 0.621. The summed E-state index contributed by atoms with van der Waals surface area (Å²) in [5.74, 6) is -1.22. The van der Waals surface area contributed by atoms with Gasteiger partial charge in [0.05, 0.1) is 26.6 Å². The summed E-state index contributed by atoms with van der Waals surface area (Å²) in [6.45, 7) is 6.42. The van der Waals surface area contributed by atoms with Gasteiger partial charge in [-0.3, -0.25) is 9.59 Å². The van der Waals surface area contributed by atoms with Crippen molar-refractivity contribution in [1.82, 2.24) is 8.87 Å². The molecule has 0 bridgehead atoms. The number of benzene rings is 2. The number of primary sulfonamides is 1. The number of nitrogens with two attached hydrogens (primary N) is 1. The molecule has 1 aromatic heterocycles. The number of carbonyl (C=O) groups is 2. The number of sulfonamides is 2. The van der Waals surface area contributed by atoms with Crippen LogP contribution in [0.15, 0.2) is 57.2 Å². The topological polar surface area (TPSA) is 158 Å². The molecule has 0 saturated carbocycles. The monoisotopic (exact) mass is 610 g/mol. The van der Waals surface area contributed by atoms with Crippen LogP contribution >= 0.6 is 11.3 Å². The Balaban J connectivity index is 2.00. The molecule has 0 saturated heterocycles. The van der Waals surface area contributed by atoms with Crippen LogP contribution in [0.1, 0.15) is 56.8 Å². The Morgan fingerprint density at radius 1 is 0.950 bits per heavy atom. The maximum absolute atomic E-state index is 13.2. The summed E-state index contributed by atoms with van der Waals surface area (Å²) < 4.78 is 58.5. The number of hydrogen-bond donors (Lipinski definition) is 1. The fourth-order valence-corrected chi connectivity index (χ4v) is 7.09. The van der Waals surface area contributed by atoms with E-state index in [0.717, 1.165) is 37.0 Å². The van der Waals surface area contributed by atoms with Crippen molar-refractivity contribution in [3.8, 4) is 0 Å². The molecule has 0 aliphatic carbocycles. The van der Waals surface area contributed by atoms with E-state index in [1.165, 1.54) is 51.3 Å². The molecule has 11 nitrogen and oxygen atoms in total. The van der Waals surface area contributed by atoms with Crippen LogP contribution in [0.5, 0.6) is 0 Å². The van der Waals surface area contributed by atoms with Crippen LogP contribution in [0.3, 0.4) is 0 Å². The zero-order chi connectivity index (χ0) is 29.5. The lowest BCUT2D eigenvalue weighted by atomic mass is 10.2. The molecule has 0 fully saturated rings. The van der Waals surface area contributed by atoms with E-state index in [9.17, 15) is 26.4 Å². The SMILES string of the molecule is CCCCN(CCCC)S(=O)(=O)c1ccc(C(=O)N=c2sc3cc(S(N)(=O)=O)ccc3n2CC(=O)OCC)cc1. The highest BCUT2D eigenvalue weighted by Crippen LogP contribution is 2.22. The van der Waals surface area contributed by atoms with E-state index in [1.54, 1.807) is 6.92 Å². The second-order valence-corrected chi connectivity index (χ2v) is 13.5. The zero-order valence-corrected chi connectivity index (χ0v) is 25.1. The predicted molar refractivity (Wildman–Crippen MR) is 153 cm³/mol. The van der Waals surface area contributed by atoms with Gasteiger partial charge in [-0.1, -0.05) is 38.0 Å². The van der Waals surface area contributed by atoms with Crippen molar-refractivity contribution >= 4 is 53.5 Å². The van der Waals surface area contributed by atoms with Crippen molar-refractivity contribution in [2.24, 2.45) is 10.1 Å². The summed E-state index contributed by atoms with van der Waals surface area (Å²) in [4.78, 5) is 29.6. The van der Waals surface area contributed by atoms with Gasteiger partial charge in [-0.05, 0) is 62.2 Å². The molecule has 0 unspecified atom stereocenters. The smallest absolute Gasteiger partial charge is 0.326 e. The van der Waals surface area contributed by atoms with Crippen LogP contribution in [-0.4, -0.2) is 57.3 Å². The van der Waals surface area contributed by atoms with Crippen molar-refractivity contribution in [3.63, 3.8) is 0 Å². The second-order valence-electron chi connectivity index (χ2n) is 9.00. The number of unbranched alkanes of at least 4 members (excludes halogenated alkanes) is 2. The average Bonchev–Trinajstić information content (AvgIpc) is 3.24. The quantitative estimate of drug-likeness (QED) is 0.291. The maximum atomic E-state index is 13.2. The lowest BCUT2D eigenvalue weighted by Gasteiger charge is -2.22. The summed E-state index contributed by atoms with van der Waals surface area (Å²) in [6.07, 6.45) is 3.23. The first-order chi connectivity index (χ1) is 18.9. The third-order valence-electron chi connectivity index (χ3n) is 6.03. The highest BCUT2D eigenvalue weighted by atomic mass is 32.2. The van der Waals surface area contributed by atoms with E-state index < -0.39 is 31.9 Å². The van der Waals surface area contributed by atoms with E-state index in [2.05, 4.69) is 4.99 Å². The Morgan fingerprint density at radius 3 is 2.10 bits per heavy atom. The van der Waals surface area contributed by atoms with Gasteiger partial charge in [0.1, 0.15) is 6.54 Å². The number of amides is 1. The van der Waals surface area contributed by atoms with Crippen molar-refractivity contribution < 1.29 is 31.2 Å². The highest BCUT2D eigenvalue weighted by Gasteiger charge is 2.24. The van der Waals surface area contributed by atoms with Gasteiger partial charge in [0.15, 0.2) is 4.80 Å². The molecule has 2 aromatic carbocycles. The van der Waals surface area contributed by atoms with Crippen LogP contribution in [0.2, 0.25) is 0 Å². The maximum Gasteiger partial charge on any atom is 0.326 e. The lowest BCUT2D eigenvalue weighted by Crippen LogP contribution is -2.33. The summed E-state index contributed by atoms with van der Waals surface area (Å²) in [5, 5.41) is 5.25. The van der Waals surface area contributed by atoms with E-state index in [-0.39, 0.29) is 33.3 Å². The summed E-state index contributed by atoms with van der Waals surface area (Å²) in [6, 6.07) is 9.72. The van der Waals surface area contributed by atoms with E-state index in [1.807, 2.05) is 13.8 Å². The molecule has 0 spiro atoms. The minimum absolute atomic E-state index is 0.0889. The number of esters is 1. The van der Waals surface area contributed by atoms with Crippen molar-refractivity contribution in [3.05, 3.63) is 52.8 Å². The largest absolute Gasteiger partial charge is 0.465 e. The van der Waals surface area contributed by atoms with Crippen LogP contribution in [-0.2, 0) is 36.1 Å². The molecule has 1 heterocycles. The van der Waals surface area contributed by atoms with Gasteiger partial charge in [0.2, 0.25) is 20.0 Å². The highest BCUT2D eigenvalue weighted by molar-refractivity contribution is 7.89. The molecular formula is C26H34N4O7S3. The molecule has 0 radical (unpaired) electrons. The number of hydrogen-bond acceptors (Lipinski definition) is 8. The molecule has 1 amide bonds. The average molecular weight is 611 g/mol. The van der Waals surface area contributed by atoms with E-state index >= 15 is 0 Å². The Labute approximate surface area is 238 Å². The molecule has 3 aromatic rings. The normalized spacial score (nSPS) is 12.8. The van der Waals surface area contributed by atoms with Crippen LogP contribution < -0.4 is 9.94 Å². The third-order valence-corrected chi connectivity index (χ3v) is 9.90. The minimum Gasteiger partial charge on any atom is -0.465 e. The van der Waals surface area contributed by atoms with Gasteiger partial charge in [-0.2, -0.15) is 9.30 Å². The van der Waals surface area contributed by atoms with Crippen LogP contribution in [0, 0.1) is 0 Å². The van der Waals surface area contributed by atoms with Gasteiger partial charge in [0, 0.05) is 18.7 Å². The van der Waals surface area contributed by atoms with Gasteiger partial charge in [-0.15, -0.1) is 0 Å². The first-order valence-electron chi connectivity index (χ1n) is 12.9. The molecule has 218 valence electrons. The van der Waals surface area contributed by atoms with Crippen molar-refractivity contribution in [2.75, 3.05) is 19.7 Å². The summed E-state index contributed by atoms with van der Waals surface area (Å²) >= 11 is 1.01. The zero-order valence-electron chi connectivity index (χ0n) is 22.7. The molecule has 0 atom stereocenters. The summed E-state index contributed by atoms with van der Waals surface area (Å²) in [7, 11) is -7.70. The third kappa shape index (κ3) is 7.63. The first kappa shape index (κ1) is 31.6. The van der Waals surface area contributed by atoms with Crippen LogP contribution in [0.4, 0.5) is 0 Å². The lowest BCUT2D eigenvalue weighted by molar-refractivity contribution is -0.143. The molecule has 2 N–H and O–H groups in total. The molecule has 3 rings (SSSR count). The fraction of sp³-hybridized carbons (Fsp3) is 0.423. The predicted octanol–water partition coefficient (Wildman–Crippen LogP) is 3.25. The number of carbonyl (C=O) groups excluding carboxylic acids is 2. The minimum atomic E-state index is -3.97. The molecule has 0 aliphatic heterocycles.